The molecule has 0 amide bonds. The lowest BCUT2D eigenvalue weighted by atomic mass is 10.1. The Morgan fingerprint density at radius 2 is 2.17 bits per heavy atom. The minimum absolute atomic E-state index is 0.0417. The molecule has 0 atom stereocenters. The first-order valence-electron chi connectivity index (χ1n) is 3.45. The first-order chi connectivity index (χ1) is 5.54. The highest BCUT2D eigenvalue weighted by molar-refractivity contribution is 5.91. The van der Waals surface area contributed by atoms with Crippen molar-refractivity contribution in [3.05, 3.63) is 23.4 Å². The van der Waals surface area contributed by atoms with Gasteiger partial charge in [-0.1, -0.05) is 0 Å². The van der Waals surface area contributed by atoms with Gasteiger partial charge in [-0.3, -0.25) is 0 Å². The molecule has 0 aliphatic heterocycles. The number of aromatic nitrogens is 1. The van der Waals surface area contributed by atoms with Gasteiger partial charge in [0.05, 0.1) is 0 Å². The summed E-state index contributed by atoms with van der Waals surface area (Å²) in [5.74, 6) is -1.33. The van der Waals surface area contributed by atoms with Gasteiger partial charge >= 0.3 is 11.8 Å². The van der Waals surface area contributed by atoms with Crippen LogP contribution in [0.15, 0.2) is 12.3 Å². The van der Waals surface area contributed by atoms with Crippen LogP contribution in [0, 0.1) is 6.92 Å². The average molecular weight is 168 g/mol. The monoisotopic (exact) mass is 168 g/mol. The van der Waals surface area contributed by atoms with Gasteiger partial charge in [-0.25, -0.2) is 4.79 Å². The zero-order valence-electron chi connectivity index (χ0n) is 6.90. The first kappa shape index (κ1) is 8.52. The van der Waals surface area contributed by atoms with Crippen molar-refractivity contribution in [2.24, 2.45) is 7.05 Å². The van der Waals surface area contributed by atoms with Crippen LogP contribution < -0.4 is 4.57 Å². The van der Waals surface area contributed by atoms with Crippen molar-refractivity contribution in [3.8, 4) is 5.88 Å². The quantitative estimate of drug-likeness (QED) is 0.590. The second-order valence-corrected chi connectivity index (χ2v) is 2.61. The molecule has 64 valence electrons. The highest BCUT2D eigenvalue weighted by Gasteiger charge is 2.20. The van der Waals surface area contributed by atoms with Crippen LogP contribution >= 0.6 is 0 Å². The van der Waals surface area contributed by atoms with E-state index < -0.39 is 5.97 Å². The summed E-state index contributed by atoms with van der Waals surface area (Å²) in [5, 5.41) is 18.0. The molecule has 1 heterocycles. The molecule has 4 nitrogen and oxygen atoms in total. The Morgan fingerprint density at radius 3 is 2.58 bits per heavy atom. The Bertz CT molecular complexity index is 333. The van der Waals surface area contributed by atoms with Crippen LogP contribution in [0.5, 0.6) is 5.88 Å². The van der Waals surface area contributed by atoms with Crippen molar-refractivity contribution in [2.75, 3.05) is 0 Å². The van der Waals surface area contributed by atoms with Crippen molar-refractivity contribution in [2.45, 2.75) is 6.92 Å². The summed E-state index contributed by atoms with van der Waals surface area (Å²) in [6.07, 6.45) is 1.61. The normalized spacial score (nSPS) is 9.83. The molecule has 0 saturated carbocycles. The maximum Gasteiger partial charge on any atom is 0.380 e. The molecule has 0 unspecified atom stereocenters. The number of carboxylic acid groups (broad SMARTS) is 1. The molecule has 1 aromatic heterocycles. The zero-order valence-corrected chi connectivity index (χ0v) is 6.90. The summed E-state index contributed by atoms with van der Waals surface area (Å²) in [6.45, 7) is 1.64. The van der Waals surface area contributed by atoms with Gasteiger partial charge in [-0.15, -0.1) is 0 Å². The van der Waals surface area contributed by atoms with Crippen LogP contribution in [-0.4, -0.2) is 16.2 Å². The summed E-state index contributed by atoms with van der Waals surface area (Å²) in [5.41, 5.74) is 0.512. The minimum atomic E-state index is -1.11. The molecule has 2 N–H and O–H groups in total. The van der Waals surface area contributed by atoms with Gasteiger partial charge in [-0.2, -0.15) is 4.57 Å². The van der Waals surface area contributed by atoms with Gasteiger partial charge in [0, 0.05) is 6.07 Å². The maximum absolute atomic E-state index is 10.6. The third-order valence-electron chi connectivity index (χ3n) is 1.71. The molecular formula is C8H10NO3+. The summed E-state index contributed by atoms with van der Waals surface area (Å²) in [7, 11) is 1.58. The van der Waals surface area contributed by atoms with Gasteiger partial charge in [0.2, 0.25) is 0 Å². The number of hydrogen-bond acceptors (Lipinski definition) is 2. The summed E-state index contributed by atoms with van der Waals surface area (Å²) >= 11 is 0. The lowest BCUT2D eigenvalue weighted by Crippen LogP contribution is -2.29. The molecule has 0 saturated heterocycles. The van der Waals surface area contributed by atoms with E-state index in [1.807, 2.05) is 0 Å². The van der Waals surface area contributed by atoms with Crippen LogP contribution in [0.3, 0.4) is 0 Å². The van der Waals surface area contributed by atoms with Crippen LogP contribution in [0.25, 0.3) is 0 Å². The van der Waals surface area contributed by atoms with Gasteiger partial charge in [0.15, 0.2) is 11.8 Å². The number of carboxylic acids is 1. The van der Waals surface area contributed by atoms with Crippen molar-refractivity contribution >= 4 is 5.97 Å². The number of rotatable bonds is 1. The number of pyridine rings is 1. The van der Waals surface area contributed by atoms with E-state index in [1.165, 1.54) is 4.57 Å². The predicted molar refractivity (Wildman–Crippen MR) is 41.0 cm³/mol. The number of aromatic hydroxyl groups is 1. The third kappa shape index (κ3) is 1.23. The van der Waals surface area contributed by atoms with E-state index in [2.05, 4.69) is 0 Å². The van der Waals surface area contributed by atoms with Gasteiger partial charge in [0.25, 0.3) is 0 Å². The Morgan fingerprint density at radius 1 is 1.58 bits per heavy atom. The highest BCUT2D eigenvalue weighted by atomic mass is 16.4. The van der Waals surface area contributed by atoms with Crippen LogP contribution in [0.2, 0.25) is 0 Å². The van der Waals surface area contributed by atoms with E-state index in [-0.39, 0.29) is 11.4 Å². The second kappa shape index (κ2) is 2.81. The minimum Gasteiger partial charge on any atom is -0.477 e. The van der Waals surface area contributed by atoms with Gasteiger partial charge in [-0.05, 0) is 12.5 Å². The smallest absolute Gasteiger partial charge is 0.380 e. The van der Waals surface area contributed by atoms with Crippen LogP contribution in [-0.2, 0) is 7.05 Å². The molecule has 0 aliphatic carbocycles. The number of nitrogens with zero attached hydrogens (tertiary/aromatic N) is 1. The summed E-state index contributed by atoms with van der Waals surface area (Å²) < 4.78 is 1.36. The second-order valence-electron chi connectivity index (χ2n) is 2.61. The maximum atomic E-state index is 10.6. The fourth-order valence-corrected chi connectivity index (χ4v) is 0.995. The summed E-state index contributed by atoms with van der Waals surface area (Å²) in [6, 6.07) is 1.64. The van der Waals surface area contributed by atoms with Gasteiger partial charge in [0.1, 0.15) is 7.05 Å². The molecule has 0 bridgehead atoms. The Balaban J connectivity index is 3.43. The fourth-order valence-electron chi connectivity index (χ4n) is 0.995. The number of aryl methyl sites for hydroxylation is 2. The Kier molecular flexibility index (Phi) is 1.99. The van der Waals surface area contributed by atoms with E-state index in [0.29, 0.717) is 5.56 Å². The molecule has 1 rings (SSSR count). The SMILES string of the molecule is Cc1cc[n+](C)c(O)c1C(=O)O. The van der Waals surface area contributed by atoms with E-state index in [4.69, 9.17) is 5.11 Å². The number of carbonyl (C=O) groups is 1. The largest absolute Gasteiger partial charge is 0.477 e. The third-order valence-corrected chi connectivity index (χ3v) is 1.71. The molecule has 1 aromatic rings. The van der Waals surface area contributed by atoms with E-state index in [0.717, 1.165) is 0 Å². The van der Waals surface area contributed by atoms with Crippen molar-refractivity contribution in [3.63, 3.8) is 0 Å². The highest BCUT2D eigenvalue weighted by Crippen LogP contribution is 2.14. The molecule has 0 radical (unpaired) electrons. The standard InChI is InChI=1S/C8H9NO3/c1-5-3-4-9(2)7(10)6(5)8(11)12/h3-4H,1-2H3,(H,11,12)/p+1. The van der Waals surface area contributed by atoms with Crippen LogP contribution in [0.4, 0.5) is 0 Å². The first-order valence-corrected chi connectivity index (χ1v) is 3.45. The summed E-state index contributed by atoms with van der Waals surface area (Å²) in [4.78, 5) is 10.6. The molecule has 0 fully saturated rings. The molecule has 0 aliphatic rings. The predicted octanol–water partition coefficient (Wildman–Crippen LogP) is 0.223. The number of hydrogen-bond donors (Lipinski definition) is 2. The van der Waals surface area contributed by atoms with E-state index in [1.54, 1.807) is 26.2 Å². The van der Waals surface area contributed by atoms with Crippen molar-refractivity contribution in [1.29, 1.82) is 0 Å². The topological polar surface area (TPSA) is 61.4 Å². The zero-order chi connectivity index (χ0) is 9.30. The van der Waals surface area contributed by atoms with Crippen molar-refractivity contribution in [1.82, 2.24) is 0 Å². The Hall–Kier alpha value is -1.58. The fraction of sp³-hybridized carbons (Fsp3) is 0.250. The molecule has 0 spiro atoms. The van der Waals surface area contributed by atoms with Gasteiger partial charge < -0.3 is 10.2 Å². The molecule has 0 aromatic carbocycles. The van der Waals surface area contributed by atoms with E-state index >= 15 is 0 Å². The van der Waals surface area contributed by atoms with E-state index in [9.17, 15) is 9.90 Å². The van der Waals surface area contributed by atoms with Crippen molar-refractivity contribution < 1.29 is 19.6 Å². The lowest BCUT2D eigenvalue weighted by molar-refractivity contribution is -0.678. The molecular weight excluding hydrogens is 158 g/mol. The molecule has 4 heteroatoms. The van der Waals surface area contributed by atoms with Crippen LogP contribution in [0.1, 0.15) is 15.9 Å². The Labute approximate surface area is 69.7 Å². The lowest BCUT2D eigenvalue weighted by Gasteiger charge is -1.99. The number of aromatic carboxylic acids is 1. The molecule has 12 heavy (non-hydrogen) atoms. The average Bonchev–Trinajstić information content (AvgIpc) is 1.97.